The lowest BCUT2D eigenvalue weighted by molar-refractivity contribution is 0.102. The molecule has 0 atom stereocenters. The van der Waals surface area contributed by atoms with Crippen LogP contribution in [0.5, 0.6) is 5.75 Å². The second kappa shape index (κ2) is 8.59. The van der Waals surface area contributed by atoms with Crippen molar-refractivity contribution in [3.63, 3.8) is 0 Å². The van der Waals surface area contributed by atoms with E-state index in [1.165, 1.54) is 7.11 Å². The number of benzene rings is 2. The van der Waals surface area contributed by atoms with E-state index in [2.05, 4.69) is 16.7 Å². The normalized spacial score (nSPS) is 10.1. The summed E-state index contributed by atoms with van der Waals surface area (Å²) in [6.45, 7) is 3.62. The van der Waals surface area contributed by atoms with Crippen molar-refractivity contribution < 1.29 is 14.3 Å². The van der Waals surface area contributed by atoms with Gasteiger partial charge >= 0.3 is 0 Å². The molecule has 0 saturated carbocycles. The highest BCUT2D eigenvalue weighted by Gasteiger charge is 2.22. The molecular weight excluding hydrogens is 386 g/mol. The highest BCUT2D eigenvalue weighted by atomic mass is 32.1. The maximum atomic E-state index is 12.8. The molecule has 0 aliphatic heterocycles. The van der Waals surface area contributed by atoms with Crippen molar-refractivity contribution in [1.29, 1.82) is 5.26 Å². The maximum Gasteiger partial charge on any atom is 0.266 e. The van der Waals surface area contributed by atoms with Gasteiger partial charge in [-0.15, -0.1) is 11.3 Å². The topological polar surface area (TPSA) is 91.2 Å². The Labute approximate surface area is 172 Å². The van der Waals surface area contributed by atoms with Crippen LogP contribution >= 0.6 is 11.3 Å². The van der Waals surface area contributed by atoms with Crippen LogP contribution in [0.25, 0.3) is 0 Å². The van der Waals surface area contributed by atoms with E-state index < -0.39 is 0 Å². The van der Waals surface area contributed by atoms with E-state index in [0.29, 0.717) is 32.4 Å². The molecule has 0 radical (unpaired) electrons. The van der Waals surface area contributed by atoms with Crippen LogP contribution in [0.3, 0.4) is 0 Å². The summed E-state index contributed by atoms with van der Waals surface area (Å²) in [5, 5.41) is 15.4. The van der Waals surface area contributed by atoms with E-state index in [1.807, 2.05) is 19.1 Å². The Balaban J connectivity index is 1.87. The van der Waals surface area contributed by atoms with Gasteiger partial charge in [0.15, 0.2) is 0 Å². The smallest absolute Gasteiger partial charge is 0.266 e. The van der Waals surface area contributed by atoms with Crippen molar-refractivity contribution in [3.8, 4) is 11.8 Å². The molecule has 0 saturated heterocycles. The summed E-state index contributed by atoms with van der Waals surface area (Å²) in [6.07, 6.45) is 0. The van der Waals surface area contributed by atoms with Gasteiger partial charge in [-0.3, -0.25) is 9.59 Å². The number of aryl methyl sites for hydroxylation is 1. The van der Waals surface area contributed by atoms with Gasteiger partial charge in [-0.05, 0) is 43.7 Å². The number of carbonyl (C=O) groups is 2. The number of ether oxygens (including phenoxy) is 1. The molecule has 3 rings (SSSR count). The van der Waals surface area contributed by atoms with Gasteiger partial charge in [-0.2, -0.15) is 5.26 Å². The fourth-order valence-electron chi connectivity index (χ4n) is 2.76. The standard InChI is InChI=1S/C22H19N3O3S/c1-13-8-10-15(11-9-13)20(26)25-22-16(12-23)14(2)19(29-22)21(27)24-17-6-4-5-7-18(17)28-3/h4-11H,1-3H3,(H,24,27)(H,25,26). The van der Waals surface area contributed by atoms with Crippen LogP contribution < -0.4 is 15.4 Å². The van der Waals surface area contributed by atoms with Gasteiger partial charge in [0, 0.05) is 5.56 Å². The monoisotopic (exact) mass is 405 g/mol. The third kappa shape index (κ3) is 4.28. The first kappa shape index (κ1) is 20.1. The lowest BCUT2D eigenvalue weighted by Gasteiger charge is -2.09. The van der Waals surface area contributed by atoms with Crippen molar-refractivity contribution in [2.75, 3.05) is 17.7 Å². The van der Waals surface area contributed by atoms with Crippen LogP contribution in [0, 0.1) is 25.2 Å². The SMILES string of the molecule is COc1ccccc1NC(=O)c1sc(NC(=O)c2ccc(C)cc2)c(C#N)c1C. The van der Waals surface area contributed by atoms with Gasteiger partial charge in [0.2, 0.25) is 0 Å². The number of amides is 2. The Bertz CT molecular complexity index is 1110. The van der Waals surface area contributed by atoms with Gasteiger partial charge in [-0.1, -0.05) is 29.8 Å². The van der Waals surface area contributed by atoms with E-state index in [1.54, 1.807) is 43.3 Å². The van der Waals surface area contributed by atoms with Crippen molar-refractivity contribution in [3.05, 3.63) is 75.7 Å². The molecule has 0 fully saturated rings. The molecule has 2 amide bonds. The number of para-hydroxylation sites is 2. The average molecular weight is 405 g/mol. The van der Waals surface area contributed by atoms with Gasteiger partial charge < -0.3 is 15.4 Å². The number of nitrogens with zero attached hydrogens (tertiary/aromatic N) is 1. The number of thiophene rings is 1. The van der Waals surface area contributed by atoms with E-state index >= 15 is 0 Å². The number of rotatable bonds is 5. The fraction of sp³-hybridized carbons (Fsp3) is 0.136. The highest BCUT2D eigenvalue weighted by molar-refractivity contribution is 7.18. The maximum absolute atomic E-state index is 12.8. The Hall–Kier alpha value is -3.63. The van der Waals surface area contributed by atoms with E-state index in [9.17, 15) is 14.9 Å². The third-order valence-corrected chi connectivity index (χ3v) is 5.57. The molecule has 29 heavy (non-hydrogen) atoms. The van der Waals surface area contributed by atoms with Crippen LogP contribution in [0.1, 0.15) is 36.7 Å². The molecule has 1 aromatic heterocycles. The molecule has 0 aliphatic rings. The first-order valence-corrected chi connectivity index (χ1v) is 9.62. The Morgan fingerprint density at radius 1 is 1.00 bits per heavy atom. The predicted molar refractivity (Wildman–Crippen MR) is 114 cm³/mol. The second-order valence-corrected chi connectivity index (χ2v) is 7.37. The summed E-state index contributed by atoms with van der Waals surface area (Å²) in [4.78, 5) is 25.7. The first-order valence-electron chi connectivity index (χ1n) is 8.80. The van der Waals surface area contributed by atoms with Gasteiger partial charge in [0.25, 0.3) is 11.8 Å². The zero-order chi connectivity index (χ0) is 21.0. The molecule has 1 heterocycles. The number of nitriles is 1. The van der Waals surface area contributed by atoms with Crippen LogP contribution in [-0.4, -0.2) is 18.9 Å². The van der Waals surface area contributed by atoms with Crippen molar-refractivity contribution >= 4 is 33.8 Å². The fourth-order valence-corrected chi connectivity index (χ4v) is 3.81. The molecule has 3 aromatic rings. The number of methoxy groups -OCH3 is 1. The van der Waals surface area contributed by atoms with Crippen LogP contribution in [0.15, 0.2) is 48.5 Å². The van der Waals surface area contributed by atoms with E-state index in [4.69, 9.17) is 4.74 Å². The third-order valence-electron chi connectivity index (χ3n) is 4.36. The summed E-state index contributed by atoms with van der Waals surface area (Å²) < 4.78 is 5.25. The van der Waals surface area contributed by atoms with Gasteiger partial charge in [0.05, 0.1) is 23.2 Å². The minimum atomic E-state index is -0.371. The van der Waals surface area contributed by atoms with Crippen molar-refractivity contribution in [2.45, 2.75) is 13.8 Å². The molecule has 2 aromatic carbocycles. The predicted octanol–water partition coefficient (Wildman–Crippen LogP) is 4.75. The summed E-state index contributed by atoms with van der Waals surface area (Å²) >= 11 is 1.07. The number of hydrogen-bond acceptors (Lipinski definition) is 5. The zero-order valence-electron chi connectivity index (χ0n) is 16.2. The van der Waals surface area contributed by atoms with Crippen molar-refractivity contribution in [1.82, 2.24) is 0 Å². The Morgan fingerprint density at radius 3 is 2.34 bits per heavy atom. The summed E-state index contributed by atoms with van der Waals surface area (Å²) in [7, 11) is 1.52. The molecule has 2 N–H and O–H groups in total. The number of anilines is 2. The number of carbonyl (C=O) groups excluding carboxylic acids is 2. The van der Waals surface area contributed by atoms with Crippen LogP contribution in [-0.2, 0) is 0 Å². The molecule has 146 valence electrons. The summed E-state index contributed by atoms with van der Waals surface area (Å²) in [5.74, 6) is -0.174. The summed E-state index contributed by atoms with van der Waals surface area (Å²) in [6, 6.07) is 16.2. The Kier molecular flexibility index (Phi) is 5.96. The highest BCUT2D eigenvalue weighted by Crippen LogP contribution is 2.34. The molecule has 0 bridgehead atoms. The molecule has 7 heteroatoms. The first-order chi connectivity index (χ1) is 13.9. The summed E-state index contributed by atoms with van der Waals surface area (Å²) in [5.41, 5.74) is 2.84. The Morgan fingerprint density at radius 2 is 1.69 bits per heavy atom. The van der Waals surface area contributed by atoms with Gasteiger partial charge in [-0.25, -0.2) is 0 Å². The molecule has 0 aliphatic carbocycles. The lowest BCUT2D eigenvalue weighted by Crippen LogP contribution is -2.12. The minimum Gasteiger partial charge on any atom is -0.495 e. The van der Waals surface area contributed by atoms with Crippen LogP contribution in [0.4, 0.5) is 10.7 Å². The molecule has 0 unspecified atom stereocenters. The molecule has 0 spiro atoms. The zero-order valence-corrected chi connectivity index (χ0v) is 17.0. The molecular formula is C22H19N3O3S. The van der Waals surface area contributed by atoms with E-state index in [0.717, 1.165) is 16.9 Å². The van der Waals surface area contributed by atoms with Crippen molar-refractivity contribution in [2.24, 2.45) is 0 Å². The van der Waals surface area contributed by atoms with E-state index in [-0.39, 0.29) is 17.4 Å². The second-order valence-electron chi connectivity index (χ2n) is 6.35. The van der Waals surface area contributed by atoms with Crippen LogP contribution in [0.2, 0.25) is 0 Å². The van der Waals surface area contributed by atoms with Gasteiger partial charge in [0.1, 0.15) is 16.8 Å². The molecule has 6 nitrogen and oxygen atoms in total. The number of hydrogen-bond donors (Lipinski definition) is 2. The lowest BCUT2D eigenvalue weighted by atomic mass is 10.1. The minimum absolute atomic E-state index is 0.278. The quantitative estimate of drug-likeness (QED) is 0.641. The number of nitrogens with one attached hydrogen (secondary N) is 2. The largest absolute Gasteiger partial charge is 0.495 e. The average Bonchev–Trinajstić information content (AvgIpc) is 3.03.